The minimum atomic E-state index is -0.843. The third-order valence-electron chi connectivity index (χ3n) is 3.22. The average molecular weight is 289 g/mol. The molecule has 1 N–H and O–H groups in total. The first kappa shape index (κ1) is 13.0. The molecule has 1 unspecified atom stereocenters. The molecule has 2 heterocycles. The zero-order valence-electron chi connectivity index (χ0n) is 10.5. The van der Waals surface area contributed by atoms with E-state index in [9.17, 15) is 14.3 Å². The highest BCUT2D eigenvalue weighted by Crippen LogP contribution is 2.18. The molecule has 3 rings (SSSR count). The summed E-state index contributed by atoms with van der Waals surface area (Å²) in [5.74, 6) is -0.349. The topological polar surface area (TPSA) is 42.2 Å². The van der Waals surface area contributed by atoms with E-state index in [0.29, 0.717) is 10.9 Å². The number of aliphatic hydroxyl groups is 1. The summed E-state index contributed by atoms with van der Waals surface area (Å²) in [7, 11) is 0. The van der Waals surface area contributed by atoms with E-state index in [-0.39, 0.29) is 17.9 Å². The van der Waals surface area contributed by atoms with Crippen molar-refractivity contribution in [3.8, 4) is 0 Å². The molecule has 3 aromatic rings. The van der Waals surface area contributed by atoms with Gasteiger partial charge < -0.3 is 9.67 Å². The van der Waals surface area contributed by atoms with Gasteiger partial charge in [0.2, 0.25) is 0 Å². The summed E-state index contributed by atoms with van der Waals surface area (Å²) >= 11 is 1.51. The molecule has 0 radical (unpaired) electrons. The number of hydrogen-bond donors (Lipinski definition) is 1. The SMILES string of the molecule is O=c1c2ccsc2ccn1CC(O)c1ccc(F)cc1. The fraction of sp³-hybridized carbons (Fsp3) is 0.133. The predicted octanol–water partition coefficient (Wildman–Crippen LogP) is 2.94. The third kappa shape index (κ3) is 2.37. The molecular weight excluding hydrogens is 277 g/mol. The quantitative estimate of drug-likeness (QED) is 0.805. The van der Waals surface area contributed by atoms with Crippen LogP contribution in [0.25, 0.3) is 10.1 Å². The monoisotopic (exact) mass is 289 g/mol. The fourth-order valence-electron chi connectivity index (χ4n) is 2.13. The van der Waals surface area contributed by atoms with Crippen LogP contribution >= 0.6 is 11.3 Å². The number of hydrogen-bond acceptors (Lipinski definition) is 3. The number of thiophene rings is 1. The Morgan fingerprint density at radius 3 is 2.70 bits per heavy atom. The molecule has 0 saturated carbocycles. The lowest BCUT2D eigenvalue weighted by molar-refractivity contribution is 0.155. The summed E-state index contributed by atoms with van der Waals surface area (Å²) in [6, 6.07) is 9.27. The maximum Gasteiger partial charge on any atom is 0.259 e. The second-order valence-corrected chi connectivity index (χ2v) is 5.49. The standard InChI is InChI=1S/C15H12FNO2S/c16-11-3-1-10(2-4-11)13(18)9-17-7-5-14-12(15(17)19)6-8-20-14/h1-8,13,18H,9H2. The van der Waals surface area contributed by atoms with Gasteiger partial charge in [0.05, 0.1) is 18.0 Å². The Morgan fingerprint density at radius 1 is 1.20 bits per heavy atom. The van der Waals surface area contributed by atoms with Gasteiger partial charge >= 0.3 is 0 Å². The molecular formula is C15H12FNO2S. The zero-order chi connectivity index (χ0) is 14.1. The highest BCUT2D eigenvalue weighted by Gasteiger charge is 2.11. The maximum absolute atomic E-state index is 12.8. The van der Waals surface area contributed by atoms with Crippen LogP contribution in [0.4, 0.5) is 4.39 Å². The number of benzene rings is 1. The molecule has 20 heavy (non-hydrogen) atoms. The van der Waals surface area contributed by atoms with Crippen molar-refractivity contribution >= 4 is 21.4 Å². The van der Waals surface area contributed by atoms with Crippen molar-refractivity contribution in [2.45, 2.75) is 12.6 Å². The summed E-state index contributed by atoms with van der Waals surface area (Å²) in [5, 5.41) is 12.7. The van der Waals surface area contributed by atoms with E-state index >= 15 is 0 Å². The molecule has 0 fully saturated rings. The Hall–Kier alpha value is -1.98. The Morgan fingerprint density at radius 2 is 1.95 bits per heavy atom. The molecule has 0 aliphatic rings. The summed E-state index contributed by atoms with van der Waals surface area (Å²) in [5.41, 5.74) is 0.466. The molecule has 102 valence electrons. The first-order valence-electron chi connectivity index (χ1n) is 6.15. The Labute approximate surface area is 118 Å². The maximum atomic E-state index is 12.8. The fourth-order valence-corrected chi connectivity index (χ4v) is 2.90. The van der Waals surface area contributed by atoms with E-state index in [1.165, 1.54) is 40.2 Å². The molecule has 2 aromatic heterocycles. The van der Waals surface area contributed by atoms with Crippen LogP contribution in [0.15, 0.2) is 52.8 Å². The van der Waals surface area contributed by atoms with E-state index in [1.54, 1.807) is 12.3 Å². The average Bonchev–Trinajstić information content (AvgIpc) is 2.92. The van der Waals surface area contributed by atoms with Gasteiger partial charge in [-0.15, -0.1) is 11.3 Å². The van der Waals surface area contributed by atoms with Crippen LogP contribution in [-0.2, 0) is 6.54 Å². The first-order valence-corrected chi connectivity index (χ1v) is 7.03. The molecule has 3 nitrogen and oxygen atoms in total. The number of aromatic nitrogens is 1. The van der Waals surface area contributed by atoms with E-state index in [2.05, 4.69) is 0 Å². The smallest absolute Gasteiger partial charge is 0.259 e. The van der Waals surface area contributed by atoms with Crippen molar-refractivity contribution < 1.29 is 9.50 Å². The van der Waals surface area contributed by atoms with Crippen molar-refractivity contribution in [1.29, 1.82) is 0 Å². The van der Waals surface area contributed by atoms with Gasteiger partial charge in [0, 0.05) is 10.9 Å². The third-order valence-corrected chi connectivity index (χ3v) is 4.10. The normalized spacial score (nSPS) is 12.7. The molecule has 0 aliphatic heterocycles. The van der Waals surface area contributed by atoms with Crippen LogP contribution in [0.5, 0.6) is 0 Å². The lowest BCUT2D eigenvalue weighted by atomic mass is 10.1. The van der Waals surface area contributed by atoms with Gasteiger partial charge in [-0.05, 0) is 35.2 Å². The lowest BCUT2D eigenvalue weighted by Gasteiger charge is -2.13. The molecule has 0 saturated heterocycles. The second-order valence-electron chi connectivity index (χ2n) is 4.54. The molecule has 0 bridgehead atoms. The Balaban J connectivity index is 1.90. The van der Waals surface area contributed by atoms with Crippen molar-refractivity contribution in [3.63, 3.8) is 0 Å². The summed E-state index contributed by atoms with van der Waals surface area (Å²) in [6.45, 7) is 0.149. The molecule has 5 heteroatoms. The van der Waals surface area contributed by atoms with Gasteiger partial charge in [0.15, 0.2) is 0 Å². The molecule has 0 amide bonds. The van der Waals surface area contributed by atoms with Gasteiger partial charge in [-0.1, -0.05) is 12.1 Å². The van der Waals surface area contributed by atoms with Gasteiger partial charge in [0.25, 0.3) is 5.56 Å². The van der Waals surface area contributed by atoms with E-state index < -0.39 is 6.10 Å². The number of nitrogens with zero attached hydrogens (tertiary/aromatic N) is 1. The van der Waals surface area contributed by atoms with Crippen LogP contribution in [0.1, 0.15) is 11.7 Å². The highest BCUT2D eigenvalue weighted by atomic mass is 32.1. The minimum absolute atomic E-state index is 0.120. The van der Waals surface area contributed by atoms with Gasteiger partial charge in [-0.25, -0.2) is 4.39 Å². The molecule has 1 aromatic carbocycles. The lowest BCUT2D eigenvalue weighted by Crippen LogP contribution is -2.22. The van der Waals surface area contributed by atoms with Crippen LogP contribution in [0, 0.1) is 5.82 Å². The number of rotatable bonds is 3. The van der Waals surface area contributed by atoms with E-state index in [1.807, 2.05) is 11.4 Å². The number of fused-ring (bicyclic) bond motifs is 1. The molecule has 1 atom stereocenters. The Bertz CT molecular complexity index is 791. The highest BCUT2D eigenvalue weighted by molar-refractivity contribution is 7.17. The van der Waals surface area contributed by atoms with Crippen molar-refractivity contribution in [2.24, 2.45) is 0 Å². The van der Waals surface area contributed by atoms with Crippen LogP contribution in [-0.4, -0.2) is 9.67 Å². The van der Waals surface area contributed by atoms with Gasteiger partial charge in [-0.2, -0.15) is 0 Å². The van der Waals surface area contributed by atoms with E-state index in [4.69, 9.17) is 0 Å². The summed E-state index contributed by atoms with van der Waals surface area (Å²) in [4.78, 5) is 12.2. The van der Waals surface area contributed by atoms with Crippen LogP contribution in [0.3, 0.4) is 0 Å². The number of aliphatic hydroxyl groups excluding tert-OH is 1. The largest absolute Gasteiger partial charge is 0.387 e. The predicted molar refractivity (Wildman–Crippen MR) is 77.4 cm³/mol. The first-order chi connectivity index (χ1) is 9.65. The Kier molecular flexibility index (Phi) is 3.38. The number of pyridine rings is 1. The minimum Gasteiger partial charge on any atom is -0.387 e. The van der Waals surface area contributed by atoms with Gasteiger partial charge in [-0.3, -0.25) is 4.79 Å². The van der Waals surface area contributed by atoms with Crippen molar-refractivity contribution in [2.75, 3.05) is 0 Å². The summed E-state index contributed by atoms with van der Waals surface area (Å²) in [6.07, 6.45) is 0.831. The molecule has 0 spiro atoms. The second kappa shape index (κ2) is 5.19. The summed E-state index contributed by atoms with van der Waals surface area (Å²) < 4.78 is 15.3. The van der Waals surface area contributed by atoms with Crippen LogP contribution in [0.2, 0.25) is 0 Å². The van der Waals surface area contributed by atoms with Crippen molar-refractivity contribution in [1.82, 2.24) is 4.57 Å². The molecule has 0 aliphatic carbocycles. The number of halogens is 1. The van der Waals surface area contributed by atoms with E-state index in [0.717, 1.165) is 4.70 Å². The zero-order valence-corrected chi connectivity index (χ0v) is 11.3. The van der Waals surface area contributed by atoms with Crippen molar-refractivity contribution in [3.05, 3.63) is 69.7 Å². The van der Waals surface area contributed by atoms with Crippen LogP contribution < -0.4 is 5.56 Å². The van der Waals surface area contributed by atoms with Gasteiger partial charge in [0.1, 0.15) is 5.82 Å².